The summed E-state index contributed by atoms with van der Waals surface area (Å²) in [5.41, 5.74) is 0. The van der Waals surface area contributed by atoms with Gasteiger partial charge in [0.1, 0.15) is 12.2 Å². The minimum atomic E-state index is 0.127. The van der Waals surface area contributed by atoms with Gasteiger partial charge in [-0.25, -0.2) is 4.98 Å². The maximum Gasteiger partial charge on any atom is 0.220 e. The van der Waals surface area contributed by atoms with Crippen LogP contribution < -0.4 is 5.32 Å². The molecule has 0 saturated carbocycles. The summed E-state index contributed by atoms with van der Waals surface area (Å²) in [5.74, 6) is 1.41. The molecule has 0 saturated heterocycles. The largest absolute Gasteiger partial charge is 0.356 e. The van der Waals surface area contributed by atoms with Crippen molar-refractivity contribution >= 4 is 5.91 Å². The number of nitrogens with one attached hydrogen (secondary N) is 2. The van der Waals surface area contributed by atoms with E-state index in [4.69, 9.17) is 0 Å². The Labute approximate surface area is 89.7 Å². The molecule has 0 spiro atoms. The molecule has 5 nitrogen and oxygen atoms in total. The number of H-pyrrole nitrogens is 1. The summed E-state index contributed by atoms with van der Waals surface area (Å²) >= 11 is 0. The second-order valence-corrected chi connectivity index (χ2v) is 3.98. The molecule has 15 heavy (non-hydrogen) atoms. The Morgan fingerprint density at radius 3 is 3.00 bits per heavy atom. The van der Waals surface area contributed by atoms with Crippen LogP contribution in [0, 0.1) is 5.92 Å². The van der Waals surface area contributed by atoms with E-state index in [0.29, 0.717) is 18.9 Å². The number of aromatic amines is 1. The third kappa shape index (κ3) is 5.15. The van der Waals surface area contributed by atoms with Crippen LogP contribution in [0.2, 0.25) is 0 Å². The highest BCUT2D eigenvalue weighted by Gasteiger charge is 2.03. The van der Waals surface area contributed by atoms with Gasteiger partial charge in [0.05, 0.1) is 0 Å². The van der Waals surface area contributed by atoms with Crippen molar-refractivity contribution in [2.24, 2.45) is 5.92 Å². The van der Waals surface area contributed by atoms with Gasteiger partial charge in [0, 0.05) is 19.4 Å². The second-order valence-electron chi connectivity index (χ2n) is 3.98. The third-order valence-electron chi connectivity index (χ3n) is 1.97. The van der Waals surface area contributed by atoms with Crippen molar-refractivity contribution in [3.05, 3.63) is 12.2 Å². The van der Waals surface area contributed by atoms with Crippen LogP contribution in [0.3, 0.4) is 0 Å². The molecule has 1 amide bonds. The molecule has 0 bridgehead atoms. The Bertz CT molecular complexity index is 282. The van der Waals surface area contributed by atoms with Crippen molar-refractivity contribution in [2.45, 2.75) is 33.1 Å². The lowest BCUT2D eigenvalue weighted by atomic mass is 10.1. The Morgan fingerprint density at radius 2 is 2.40 bits per heavy atom. The van der Waals surface area contributed by atoms with E-state index in [0.717, 1.165) is 18.7 Å². The highest BCUT2D eigenvalue weighted by molar-refractivity contribution is 5.75. The van der Waals surface area contributed by atoms with Gasteiger partial charge in [0.2, 0.25) is 5.91 Å². The zero-order valence-electron chi connectivity index (χ0n) is 9.29. The van der Waals surface area contributed by atoms with Crippen molar-refractivity contribution < 1.29 is 4.79 Å². The van der Waals surface area contributed by atoms with E-state index in [1.54, 1.807) is 0 Å². The molecule has 0 aliphatic carbocycles. The topological polar surface area (TPSA) is 70.7 Å². The molecule has 0 aromatic carbocycles. The summed E-state index contributed by atoms with van der Waals surface area (Å²) in [7, 11) is 0. The van der Waals surface area contributed by atoms with E-state index in [1.165, 1.54) is 6.33 Å². The molecule has 0 fully saturated rings. The molecular weight excluding hydrogens is 192 g/mol. The number of rotatable bonds is 6. The normalized spacial score (nSPS) is 10.6. The SMILES string of the molecule is CC(C)CC(=O)NCCCc1ncn[nH]1. The fourth-order valence-corrected chi connectivity index (χ4v) is 1.28. The van der Waals surface area contributed by atoms with Crippen molar-refractivity contribution in [2.75, 3.05) is 6.54 Å². The smallest absolute Gasteiger partial charge is 0.220 e. The lowest BCUT2D eigenvalue weighted by Gasteiger charge is -2.05. The number of nitrogens with zero attached hydrogens (tertiary/aromatic N) is 2. The van der Waals surface area contributed by atoms with Crippen LogP contribution in [0.1, 0.15) is 32.5 Å². The standard InChI is InChI=1S/C10H18N4O/c1-8(2)6-10(15)11-5-3-4-9-12-7-13-14-9/h7-8H,3-6H2,1-2H3,(H,11,15)(H,12,13,14). The Kier molecular flexibility index (Phi) is 4.80. The number of amides is 1. The van der Waals surface area contributed by atoms with Crippen molar-refractivity contribution in [1.29, 1.82) is 0 Å². The minimum Gasteiger partial charge on any atom is -0.356 e. The number of hydrogen-bond acceptors (Lipinski definition) is 3. The number of aromatic nitrogens is 3. The Balaban J connectivity index is 2.04. The van der Waals surface area contributed by atoms with Gasteiger partial charge in [-0.3, -0.25) is 9.89 Å². The average molecular weight is 210 g/mol. The first kappa shape index (κ1) is 11.7. The lowest BCUT2D eigenvalue weighted by Crippen LogP contribution is -2.25. The molecule has 84 valence electrons. The average Bonchev–Trinajstić information content (AvgIpc) is 2.63. The van der Waals surface area contributed by atoms with Gasteiger partial charge in [-0.15, -0.1) is 0 Å². The van der Waals surface area contributed by atoms with Crippen LogP contribution >= 0.6 is 0 Å². The van der Waals surface area contributed by atoms with Gasteiger partial charge in [-0.1, -0.05) is 13.8 Å². The molecule has 0 aliphatic rings. The monoisotopic (exact) mass is 210 g/mol. The van der Waals surface area contributed by atoms with E-state index in [9.17, 15) is 4.79 Å². The molecule has 2 N–H and O–H groups in total. The number of aryl methyl sites for hydroxylation is 1. The molecular formula is C10H18N4O. The van der Waals surface area contributed by atoms with Crippen molar-refractivity contribution in [3.8, 4) is 0 Å². The van der Waals surface area contributed by atoms with E-state index < -0.39 is 0 Å². The van der Waals surface area contributed by atoms with Crippen LogP contribution in [0.25, 0.3) is 0 Å². The fraction of sp³-hybridized carbons (Fsp3) is 0.700. The summed E-state index contributed by atoms with van der Waals surface area (Å²) in [6.45, 7) is 4.77. The molecule has 1 rings (SSSR count). The molecule has 1 aromatic rings. The molecule has 0 atom stereocenters. The molecule has 0 radical (unpaired) electrons. The predicted molar refractivity (Wildman–Crippen MR) is 57.2 cm³/mol. The van der Waals surface area contributed by atoms with E-state index >= 15 is 0 Å². The van der Waals surface area contributed by atoms with Gasteiger partial charge >= 0.3 is 0 Å². The predicted octanol–water partition coefficient (Wildman–Crippen LogP) is 0.900. The molecule has 0 unspecified atom stereocenters. The van der Waals surface area contributed by atoms with Crippen LogP contribution in [0.15, 0.2) is 6.33 Å². The van der Waals surface area contributed by atoms with E-state index in [2.05, 4.69) is 20.5 Å². The maximum atomic E-state index is 11.3. The highest BCUT2D eigenvalue weighted by atomic mass is 16.1. The molecule has 1 heterocycles. The zero-order chi connectivity index (χ0) is 11.1. The summed E-state index contributed by atoms with van der Waals surface area (Å²) in [4.78, 5) is 15.3. The Hall–Kier alpha value is -1.39. The maximum absolute atomic E-state index is 11.3. The number of carbonyl (C=O) groups is 1. The molecule has 0 aliphatic heterocycles. The van der Waals surface area contributed by atoms with Gasteiger partial charge < -0.3 is 5.32 Å². The summed E-state index contributed by atoms with van der Waals surface area (Å²) < 4.78 is 0. The Morgan fingerprint density at radius 1 is 1.60 bits per heavy atom. The first-order valence-electron chi connectivity index (χ1n) is 5.29. The van der Waals surface area contributed by atoms with Gasteiger partial charge in [-0.05, 0) is 12.3 Å². The second kappa shape index (κ2) is 6.16. The summed E-state index contributed by atoms with van der Waals surface area (Å²) in [5, 5.41) is 9.41. The third-order valence-corrected chi connectivity index (χ3v) is 1.97. The lowest BCUT2D eigenvalue weighted by molar-refractivity contribution is -0.121. The van der Waals surface area contributed by atoms with E-state index in [-0.39, 0.29) is 5.91 Å². The van der Waals surface area contributed by atoms with E-state index in [1.807, 2.05) is 13.8 Å². The van der Waals surface area contributed by atoms with Gasteiger partial charge in [-0.2, -0.15) is 5.10 Å². The fourth-order valence-electron chi connectivity index (χ4n) is 1.28. The minimum absolute atomic E-state index is 0.127. The number of hydrogen-bond donors (Lipinski definition) is 2. The van der Waals surface area contributed by atoms with Crippen molar-refractivity contribution in [3.63, 3.8) is 0 Å². The highest BCUT2D eigenvalue weighted by Crippen LogP contribution is 1.98. The quantitative estimate of drug-likeness (QED) is 0.685. The summed E-state index contributed by atoms with van der Waals surface area (Å²) in [6.07, 6.45) is 3.80. The first-order valence-corrected chi connectivity index (χ1v) is 5.29. The van der Waals surface area contributed by atoms with Crippen LogP contribution in [-0.4, -0.2) is 27.6 Å². The van der Waals surface area contributed by atoms with Gasteiger partial charge in [0.25, 0.3) is 0 Å². The summed E-state index contributed by atoms with van der Waals surface area (Å²) in [6, 6.07) is 0. The number of carbonyl (C=O) groups excluding carboxylic acids is 1. The van der Waals surface area contributed by atoms with Crippen molar-refractivity contribution in [1.82, 2.24) is 20.5 Å². The van der Waals surface area contributed by atoms with Crippen LogP contribution in [-0.2, 0) is 11.2 Å². The van der Waals surface area contributed by atoms with Gasteiger partial charge in [0.15, 0.2) is 0 Å². The van der Waals surface area contributed by atoms with Crippen LogP contribution in [0.4, 0.5) is 0 Å². The molecule has 1 aromatic heterocycles. The van der Waals surface area contributed by atoms with Crippen LogP contribution in [0.5, 0.6) is 0 Å². The zero-order valence-corrected chi connectivity index (χ0v) is 9.29. The molecule has 5 heteroatoms. The first-order chi connectivity index (χ1) is 7.18.